The molecule has 1 amide bonds. The first-order valence-corrected chi connectivity index (χ1v) is 7.50. The average molecular weight is 325 g/mol. The van der Waals surface area contributed by atoms with Crippen molar-refractivity contribution in [3.8, 4) is 0 Å². The number of hydrogen-bond donors (Lipinski definition) is 2. The number of amides is 1. The molecule has 3 rings (SSSR count). The maximum absolute atomic E-state index is 13.5. The Morgan fingerprint density at radius 3 is 2.75 bits per heavy atom. The summed E-state index contributed by atoms with van der Waals surface area (Å²) in [5, 5.41) is 13.4. The number of carbonyl (C=O) groups excluding carboxylic acids is 1. The van der Waals surface area contributed by atoms with Gasteiger partial charge in [-0.1, -0.05) is 36.4 Å². The highest BCUT2D eigenvalue weighted by Crippen LogP contribution is 2.19. The van der Waals surface area contributed by atoms with Crippen LogP contribution in [0.3, 0.4) is 0 Å². The van der Waals surface area contributed by atoms with E-state index in [-0.39, 0.29) is 12.1 Å². The van der Waals surface area contributed by atoms with Crippen molar-refractivity contribution in [1.29, 1.82) is 0 Å². The summed E-state index contributed by atoms with van der Waals surface area (Å²) in [5.74, 6) is -0.344. The Balaban J connectivity index is 1.58. The standard InChI is InChI=1S/C19H16FNO3/c20-16-7-3-2-6-15(16)17(22)12-21-19(23)10-9-14-11-13-5-1-4-8-18(13)24-14/h1-11,17,22H,12H2,(H,21,23)/b10-9+. The molecule has 0 bridgehead atoms. The number of halogens is 1. The van der Waals surface area contributed by atoms with Crippen LogP contribution in [-0.2, 0) is 4.79 Å². The summed E-state index contributed by atoms with van der Waals surface area (Å²) in [4.78, 5) is 11.8. The SMILES string of the molecule is O=C(/C=C/c1cc2ccccc2o1)NCC(O)c1ccccc1F. The van der Waals surface area contributed by atoms with Crippen molar-refractivity contribution in [2.24, 2.45) is 0 Å². The molecular formula is C19H16FNO3. The second kappa shape index (κ2) is 7.10. The zero-order valence-electron chi connectivity index (χ0n) is 12.8. The van der Waals surface area contributed by atoms with Crippen LogP contribution in [0, 0.1) is 5.82 Å². The van der Waals surface area contributed by atoms with Gasteiger partial charge in [0.05, 0.1) is 6.10 Å². The van der Waals surface area contributed by atoms with E-state index in [2.05, 4.69) is 5.32 Å². The van der Waals surface area contributed by atoms with Gasteiger partial charge in [-0.15, -0.1) is 0 Å². The molecule has 2 N–H and O–H groups in total. The fourth-order valence-electron chi connectivity index (χ4n) is 2.35. The summed E-state index contributed by atoms with van der Waals surface area (Å²) >= 11 is 0. The number of aliphatic hydroxyl groups is 1. The first kappa shape index (κ1) is 16.0. The smallest absolute Gasteiger partial charge is 0.244 e. The lowest BCUT2D eigenvalue weighted by molar-refractivity contribution is -0.116. The Morgan fingerprint density at radius 2 is 1.96 bits per heavy atom. The van der Waals surface area contributed by atoms with Crippen molar-refractivity contribution in [1.82, 2.24) is 5.32 Å². The lowest BCUT2D eigenvalue weighted by atomic mass is 10.1. The van der Waals surface area contributed by atoms with Crippen molar-refractivity contribution >= 4 is 23.0 Å². The predicted octanol–water partition coefficient (Wildman–Crippen LogP) is 3.43. The average Bonchev–Trinajstić information content (AvgIpc) is 3.01. The lowest BCUT2D eigenvalue weighted by Crippen LogP contribution is -2.27. The third-order valence-corrected chi connectivity index (χ3v) is 3.58. The van der Waals surface area contributed by atoms with E-state index in [4.69, 9.17) is 4.42 Å². The second-order valence-electron chi connectivity index (χ2n) is 5.30. The second-order valence-corrected chi connectivity index (χ2v) is 5.30. The maximum Gasteiger partial charge on any atom is 0.244 e. The van der Waals surface area contributed by atoms with Crippen LogP contribution in [0.25, 0.3) is 17.0 Å². The fraction of sp³-hybridized carbons (Fsp3) is 0.105. The van der Waals surface area contributed by atoms with Gasteiger partial charge in [0.1, 0.15) is 17.2 Å². The van der Waals surface area contributed by atoms with Crippen LogP contribution in [0.5, 0.6) is 0 Å². The van der Waals surface area contributed by atoms with Gasteiger partial charge in [-0.25, -0.2) is 4.39 Å². The van der Waals surface area contributed by atoms with E-state index >= 15 is 0 Å². The molecular weight excluding hydrogens is 309 g/mol. The topological polar surface area (TPSA) is 62.5 Å². The number of para-hydroxylation sites is 1. The number of fused-ring (bicyclic) bond motifs is 1. The lowest BCUT2D eigenvalue weighted by Gasteiger charge is -2.11. The largest absolute Gasteiger partial charge is 0.457 e. The Morgan fingerprint density at radius 1 is 1.21 bits per heavy atom. The Hall–Kier alpha value is -2.92. The number of benzene rings is 2. The van der Waals surface area contributed by atoms with E-state index in [1.54, 1.807) is 18.2 Å². The van der Waals surface area contributed by atoms with Gasteiger partial charge in [0.15, 0.2) is 0 Å². The normalized spacial score (nSPS) is 12.6. The van der Waals surface area contributed by atoms with E-state index in [1.165, 1.54) is 18.2 Å². The first-order valence-electron chi connectivity index (χ1n) is 7.50. The molecule has 4 nitrogen and oxygen atoms in total. The van der Waals surface area contributed by atoms with Crippen molar-refractivity contribution in [3.05, 3.63) is 77.8 Å². The van der Waals surface area contributed by atoms with Crippen LogP contribution in [-0.4, -0.2) is 17.6 Å². The van der Waals surface area contributed by atoms with Crippen molar-refractivity contribution in [2.75, 3.05) is 6.54 Å². The molecule has 0 saturated heterocycles. The van der Waals surface area contributed by atoms with E-state index in [0.717, 1.165) is 11.0 Å². The molecule has 3 aromatic rings. The fourth-order valence-corrected chi connectivity index (χ4v) is 2.35. The summed E-state index contributed by atoms with van der Waals surface area (Å²) in [6.45, 7) is -0.0791. The summed E-state index contributed by atoms with van der Waals surface area (Å²) in [6, 6.07) is 15.3. The van der Waals surface area contributed by atoms with Crippen molar-refractivity contribution in [3.63, 3.8) is 0 Å². The number of aliphatic hydroxyl groups excluding tert-OH is 1. The Bertz CT molecular complexity index is 852. The minimum Gasteiger partial charge on any atom is -0.457 e. The monoisotopic (exact) mass is 325 g/mol. The van der Waals surface area contributed by atoms with Gasteiger partial charge in [0, 0.05) is 23.6 Å². The van der Waals surface area contributed by atoms with Crippen LogP contribution < -0.4 is 5.32 Å². The van der Waals surface area contributed by atoms with E-state index in [1.807, 2.05) is 30.3 Å². The van der Waals surface area contributed by atoms with Gasteiger partial charge in [0.2, 0.25) is 5.91 Å². The molecule has 0 spiro atoms. The van der Waals surface area contributed by atoms with Crippen LogP contribution in [0.4, 0.5) is 4.39 Å². The zero-order chi connectivity index (χ0) is 16.9. The third-order valence-electron chi connectivity index (χ3n) is 3.58. The summed E-state index contributed by atoms with van der Waals surface area (Å²) in [6.07, 6.45) is 1.76. The minimum absolute atomic E-state index is 0.0791. The van der Waals surface area contributed by atoms with Gasteiger partial charge < -0.3 is 14.8 Å². The highest BCUT2D eigenvalue weighted by Gasteiger charge is 2.12. The molecule has 0 aliphatic carbocycles. The minimum atomic E-state index is -1.10. The summed E-state index contributed by atoms with van der Waals surface area (Å²) in [7, 11) is 0. The number of furan rings is 1. The molecule has 0 radical (unpaired) electrons. The van der Waals surface area contributed by atoms with Crippen molar-refractivity contribution in [2.45, 2.75) is 6.10 Å². The van der Waals surface area contributed by atoms with Gasteiger partial charge in [-0.05, 0) is 24.3 Å². The summed E-state index contributed by atoms with van der Waals surface area (Å²) < 4.78 is 19.1. The van der Waals surface area contributed by atoms with E-state index in [9.17, 15) is 14.3 Å². The molecule has 5 heteroatoms. The third kappa shape index (κ3) is 3.70. The number of hydrogen-bond acceptors (Lipinski definition) is 3. The molecule has 122 valence electrons. The highest BCUT2D eigenvalue weighted by molar-refractivity contribution is 5.92. The molecule has 1 heterocycles. The molecule has 1 unspecified atom stereocenters. The first-order chi connectivity index (χ1) is 11.6. The molecule has 0 aliphatic heterocycles. The van der Waals surface area contributed by atoms with Crippen LogP contribution >= 0.6 is 0 Å². The molecule has 0 fully saturated rings. The quantitative estimate of drug-likeness (QED) is 0.707. The Labute approximate surface area is 138 Å². The Kier molecular flexibility index (Phi) is 4.72. The molecule has 0 aliphatic rings. The van der Waals surface area contributed by atoms with Gasteiger partial charge in [0.25, 0.3) is 0 Å². The molecule has 2 aromatic carbocycles. The molecule has 1 atom stereocenters. The maximum atomic E-state index is 13.5. The number of nitrogens with one attached hydrogen (secondary N) is 1. The molecule has 0 saturated carbocycles. The number of carbonyl (C=O) groups is 1. The number of rotatable bonds is 5. The summed E-state index contributed by atoms with van der Waals surface area (Å²) in [5.41, 5.74) is 0.895. The predicted molar refractivity (Wildman–Crippen MR) is 89.6 cm³/mol. The highest BCUT2D eigenvalue weighted by atomic mass is 19.1. The zero-order valence-corrected chi connectivity index (χ0v) is 12.8. The molecule has 1 aromatic heterocycles. The van der Waals surface area contributed by atoms with Crippen LogP contribution in [0.1, 0.15) is 17.4 Å². The van der Waals surface area contributed by atoms with E-state index in [0.29, 0.717) is 5.76 Å². The van der Waals surface area contributed by atoms with Crippen molar-refractivity contribution < 1.29 is 18.7 Å². The van der Waals surface area contributed by atoms with Crippen LogP contribution in [0.15, 0.2) is 65.1 Å². The van der Waals surface area contributed by atoms with Gasteiger partial charge in [-0.3, -0.25) is 4.79 Å². The van der Waals surface area contributed by atoms with E-state index < -0.39 is 17.8 Å². The molecule has 24 heavy (non-hydrogen) atoms. The van der Waals surface area contributed by atoms with Gasteiger partial charge in [-0.2, -0.15) is 0 Å². The van der Waals surface area contributed by atoms with Crippen LogP contribution in [0.2, 0.25) is 0 Å². The van der Waals surface area contributed by atoms with Gasteiger partial charge >= 0.3 is 0 Å².